The summed E-state index contributed by atoms with van der Waals surface area (Å²) in [6, 6.07) is 4.09. The maximum Gasteiger partial charge on any atom is 0.162 e. The number of fused-ring (bicyclic) bond motifs is 2. The highest BCUT2D eigenvalue weighted by Crippen LogP contribution is 2.44. The third-order valence-electron chi connectivity index (χ3n) is 3.87. The lowest BCUT2D eigenvalue weighted by Crippen LogP contribution is -2.29. The molecule has 2 heterocycles. The number of hydrogen-bond acceptors (Lipinski definition) is 4. The Kier molecular flexibility index (Phi) is 3.98. The highest BCUT2D eigenvalue weighted by atomic mass is 32.2. The number of nitrogens with one attached hydrogen (secondary N) is 1. The van der Waals surface area contributed by atoms with Gasteiger partial charge < -0.3 is 14.8 Å². The third kappa shape index (κ3) is 2.23. The summed E-state index contributed by atoms with van der Waals surface area (Å²) in [5.74, 6) is 1.52. The van der Waals surface area contributed by atoms with Crippen molar-refractivity contribution in [1.29, 1.82) is 0 Å². The van der Waals surface area contributed by atoms with Crippen LogP contribution in [0.4, 0.5) is 0 Å². The molecule has 0 saturated heterocycles. The molecule has 0 amide bonds. The van der Waals surface area contributed by atoms with E-state index in [-0.39, 0.29) is 11.3 Å². The molecule has 2 aliphatic heterocycles. The van der Waals surface area contributed by atoms with E-state index in [4.69, 9.17) is 9.47 Å². The minimum Gasteiger partial charge on any atom is -0.486 e. The Balaban J connectivity index is 2.03. The minimum atomic E-state index is -0.963. The molecule has 0 spiro atoms. The highest BCUT2D eigenvalue weighted by Gasteiger charge is 2.39. The molecule has 20 heavy (non-hydrogen) atoms. The number of ether oxygens (including phenoxy) is 2. The van der Waals surface area contributed by atoms with E-state index in [9.17, 15) is 4.21 Å². The average molecular weight is 295 g/mol. The molecule has 110 valence electrons. The van der Waals surface area contributed by atoms with Crippen LogP contribution in [-0.4, -0.2) is 29.2 Å². The van der Waals surface area contributed by atoms with E-state index in [1.807, 2.05) is 12.1 Å². The van der Waals surface area contributed by atoms with E-state index >= 15 is 0 Å². The van der Waals surface area contributed by atoms with Crippen LogP contribution < -0.4 is 14.8 Å². The molecule has 2 aliphatic rings. The van der Waals surface area contributed by atoms with Gasteiger partial charge in [-0.25, -0.2) is 0 Å². The van der Waals surface area contributed by atoms with Gasteiger partial charge in [-0.15, -0.1) is 0 Å². The molecule has 3 atom stereocenters. The highest BCUT2D eigenvalue weighted by molar-refractivity contribution is 7.86. The van der Waals surface area contributed by atoms with Crippen LogP contribution in [0.25, 0.3) is 0 Å². The lowest BCUT2D eigenvalue weighted by Gasteiger charge is -2.21. The zero-order valence-corrected chi connectivity index (χ0v) is 12.8. The van der Waals surface area contributed by atoms with Crippen LogP contribution in [0.1, 0.15) is 38.3 Å². The molecule has 1 aromatic carbocycles. The summed E-state index contributed by atoms with van der Waals surface area (Å²) in [6.45, 7) is 6.24. The second-order valence-corrected chi connectivity index (χ2v) is 6.83. The van der Waals surface area contributed by atoms with E-state index in [0.717, 1.165) is 41.3 Å². The molecular formula is C15H21NO3S. The largest absolute Gasteiger partial charge is 0.486 e. The average Bonchev–Trinajstić information content (AvgIpc) is 2.71. The summed E-state index contributed by atoms with van der Waals surface area (Å²) < 4.78 is 24.0. The van der Waals surface area contributed by atoms with E-state index in [2.05, 4.69) is 19.2 Å². The first-order chi connectivity index (χ1) is 9.76. The Morgan fingerprint density at radius 1 is 1.25 bits per heavy atom. The smallest absolute Gasteiger partial charge is 0.162 e. The first-order valence-electron chi connectivity index (χ1n) is 7.33. The summed E-state index contributed by atoms with van der Waals surface area (Å²) in [7, 11) is -0.963. The molecule has 0 radical (unpaired) electrons. The van der Waals surface area contributed by atoms with Crippen LogP contribution in [0.2, 0.25) is 0 Å². The predicted octanol–water partition coefficient (Wildman–Crippen LogP) is 2.40. The fourth-order valence-corrected chi connectivity index (χ4v) is 4.92. The second-order valence-electron chi connectivity index (χ2n) is 5.19. The van der Waals surface area contributed by atoms with Gasteiger partial charge in [-0.3, -0.25) is 4.21 Å². The fraction of sp³-hybridized carbons (Fsp3) is 0.600. The van der Waals surface area contributed by atoms with E-state index in [0.29, 0.717) is 13.2 Å². The van der Waals surface area contributed by atoms with Crippen LogP contribution in [0.5, 0.6) is 11.5 Å². The number of hydrogen-bond donors (Lipinski definition) is 1. The predicted molar refractivity (Wildman–Crippen MR) is 79.0 cm³/mol. The Morgan fingerprint density at radius 3 is 2.60 bits per heavy atom. The van der Waals surface area contributed by atoms with E-state index in [1.165, 1.54) is 0 Å². The van der Waals surface area contributed by atoms with Crippen LogP contribution in [-0.2, 0) is 10.8 Å². The summed E-state index contributed by atoms with van der Waals surface area (Å²) >= 11 is 0. The first-order valence-corrected chi connectivity index (χ1v) is 8.55. The van der Waals surface area contributed by atoms with Crippen molar-refractivity contribution in [3.05, 3.63) is 17.7 Å². The minimum absolute atomic E-state index is 0.152. The Hall–Kier alpha value is -1.07. The lowest BCUT2D eigenvalue weighted by atomic mass is 10.0. The third-order valence-corrected chi connectivity index (χ3v) is 5.72. The van der Waals surface area contributed by atoms with Crippen LogP contribution in [0.15, 0.2) is 17.0 Å². The van der Waals surface area contributed by atoms with Gasteiger partial charge in [0, 0.05) is 17.0 Å². The molecule has 1 N–H and O–H groups in total. The van der Waals surface area contributed by atoms with Gasteiger partial charge in [0.05, 0.1) is 16.0 Å². The summed E-state index contributed by atoms with van der Waals surface area (Å²) in [4.78, 5) is 0.915. The van der Waals surface area contributed by atoms with Gasteiger partial charge in [0.1, 0.15) is 13.2 Å². The normalized spacial score (nSPS) is 27.4. The topological polar surface area (TPSA) is 47.6 Å². The Bertz CT molecular complexity index is 532. The molecule has 3 unspecified atom stereocenters. The van der Waals surface area contributed by atoms with Crippen molar-refractivity contribution in [2.45, 2.75) is 42.9 Å². The Labute approximate surface area is 122 Å². The summed E-state index contributed by atoms with van der Waals surface area (Å²) in [6.07, 6.45) is 2.00. The van der Waals surface area contributed by atoms with Crippen LogP contribution in [0.3, 0.4) is 0 Å². The van der Waals surface area contributed by atoms with Gasteiger partial charge in [-0.2, -0.15) is 0 Å². The van der Waals surface area contributed by atoms with Crippen molar-refractivity contribution in [1.82, 2.24) is 5.32 Å². The van der Waals surface area contributed by atoms with Gasteiger partial charge in [-0.05, 0) is 24.6 Å². The van der Waals surface area contributed by atoms with Crippen molar-refractivity contribution in [2.24, 2.45) is 0 Å². The number of rotatable bonds is 4. The van der Waals surface area contributed by atoms with Crippen LogP contribution >= 0.6 is 0 Å². The van der Waals surface area contributed by atoms with Crippen molar-refractivity contribution >= 4 is 10.8 Å². The molecule has 0 bridgehead atoms. The molecule has 5 heteroatoms. The zero-order chi connectivity index (χ0) is 14.1. The van der Waals surface area contributed by atoms with Crippen molar-refractivity contribution < 1.29 is 13.7 Å². The van der Waals surface area contributed by atoms with Gasteiger partial charge in [-0.1, -0.05) is 20.3 Å². The van der Waals surface area contributed by atoms with Gasteiger partial charge in [0.15, 0.2) is 11.5 Å². The molecular weight excluding hydrogens is 274 g/mol. The quantitative estimate of drug-likeness (QED) is 0.926. The molecule has 1 aromatic rings. The molecule has 0 aliphatic carbocycles. The van der Waals surface area contributed by atoms with Gasteiger partial charge in [0.25, 0.3) is 0 Å². The van der Waals surface area contributed by atoms with Crippen molar-refractivity contribution in [3.63, 3.8) is 0 Å². The fourth-order valence-electron chi connectivity index (χ4n) is 3.01. The second kappa shape index (κ2) is 5.74. The molecule has 0 aromatic heterocycles. The SMILES string of the molecule is CCCC1C(NCC)c2cc3c(cc2S1=O)OCCO3. The first kappa shape index (κ1) is 13.9. The lowest BCUT2D eigenvalue weighted by molar-refractivity contribution is 0.170. The summed E-state index contributed by atoms with van der Waals surface area (Å²) in [5.41, 5.74) is 1.12. The standard InChI is InChI=1S/C15H21NO3S/c1-3-5-13-15(16-4-2)10-8-11-12(19-7-6-18-11)9-14(10)20(13)17/h8-9,13,15-16H,3-7H2,1-2H3. The van der Waals surface area contributed by atoms with E-state index in [1.54, 1.807) is 0 Å². The van der Waals surface area contributed by atoms with Gasteiger partial charge >= 0.3 is 0 Å². The summed E-state index contributed by atoms with van der Waals surface area (Å²) in [5, 5.41) is 3.64. The molecule has 0 fully saturated rings. The van der Waals surface area contributed by atoms with Crippen molar-refractivity contribution in [3.8, 4) is 11.5 Å². The van der Waals surface area contributed by atoms with E-state index < -0.39 is 10.8 Å². The Morgan fingerprint density at radius 2 is 1.95 bits per heavy atom. The number of benzene rings is 1. The maximum atomic E-state index is 12.7. The molecule has 0 saturated carbocycles. The zero-order valence-electron chi connectivity index (χ0n) is 12.0. The van der Waals surface area contributed by atoms with Crippen LogP contribution in [0, 0.1) is 0 Å². The van der Waals surface area contributed by atoms with Crippen molar-refractivity contribution in [2.75, 3.05) is 19.8 Å². The maximum absolute atomic E-state index is 12.7. The monoisotopic (exact) mass is 295 g/mol. The molecule has 4 nitrogen and oxygen atoms in total. The van der Waals surface area contributed by atoms with Gasteiger partial charge in [0.2, 0.25) is 0 Å². The molecule has 3 rings (SSSR count).